The molecule has 2 heteroatoms. The monoisotopic (exact) mass is 188 g/mol. The van der Waals surface area contributed by atoms with Gasteiger partial charge in [0.25, 0.3) is 0 Å². The number of halogens is 1. The number of rotatable bonds is 1. The van der Waals surface area contributed by atoms with E-state index in [0.717, 1.165) is 7.28 Å². The first-order chi connectivity index (χ1) is 3.93. The van der Waals surface area contributed by atoms with E-state index in [4.69, 9.17) is 0 Å². The zero-order chi connectivity index (χ0) is 5.82. The third kappa shape index (κ3) is 1.57. The highest BCUT2D eigenvalue weighted by molar-refractivity contribution is 9.37. The van der Waals surface area contributed by atoms with Gasteiger partial charge in [0, 0.05) is 0 Å². The minimum absolute atomic E-state index is 0.743. The topological polar surface area (TPSA) is 0 Å². The molecule has 0 nitrogen and oxygen atoms in total. The van der Waals surface area contributed by atoms with Crippen molar-refractivity contribution >= 4 is 28.1 Å². The molecule has 1 rings (SSSR count). The van der Waals surface area contributed by atoms with E-state index in [-0.39, 0.29) is 0 Å². The first-order valence-corrected chi connectivity index (χ1v) is 5.61. The summed E-state index contributed by atoms with van der Waals surface area (Å²) in [4.78, 5) is 0. The summed E-state index contributed by atoms with van der Waals surface area (Å²) in [5.41, 5.74) is 0. The highest BCUT2D eigenvalue weighted by atomic mass is 79.9. The molecule has 0 heterocycles. The van der Waals surface area contributed by atoms with Gasteiger partial charge in [-0.25, -0.2) is 0 Å². The Bertz CT molecular complexity index is 150. The summed E-state index contributed by atoms with van der Waals surface area (Å²) in [6.45, 7) is 0. The van der Waals surface area contributed by atoms with Crippen molar-refractivity contribution in [3.63, 3.8) is 0 Å². The SMILES string of the molecule is BrPc1ccccc1. The van der Waals surface area contributed by atoms with Crippen LogP contribution in [0, 0.1) is 0 Å². The highest BCUT2D eigenvalue weighted by Crippen LogP contribution is 2.17. The molecule has 1 atom stereocenters. The van der Waals surface area contributed by atoms with E-state index in [1.165, 1.54) is 5.30 Å². The van der Waals surface area contributed by atoms with Crippen LogP contribution in [-0.2, 0) is 0 Å². The maximum absolute atomic E-state index is 3.39. The highest BCUT2D eigenvalue weighted by Gasteiger charge is 1.81. The lowest BCUT2D eigenvalue weighted by Gasteiger charge is -1.88. The molecule has 1 aromatic carbocycles. The van der Waals surface area contributed by atoms with E-state index in [1.54, 1.807) is 0 Å². The Hall–Kier alpha value is 0.130. The molecule has 1 aromatic rings. The second-order valence-electron chi connectivity index (χ2n) is 1.46. The molecule has 1 unspecified atom stereocenters. The summed E-state index contributed by atoms with van der Waals surface area (Å²) >= 11 is 3.39. The molecule has 0 spiro atoms. The zero-order valence-corrected chi connectivity index (χ0v) is 6.85. The van der Waals surface area contributed by atoms with E-state index >= 15 is 0 Å². The van der Waals surface area contributed by atoms with E-state index in [2.05, 4.69) is 27.6 Å². The fourth-order valence-electron chi connectivity index (χ4n) is 0.501. The Morgan fingerprint density at radius 2 is 1.75 bits per heavy atom. The largest absolute Gasteiger partial charge is 0.0622 e. The number of hydrogen-bond acceptors (Lipinski definition) is 0. The van der Waals surface area contributed by atoms with Crippen LogP contribution in [0.15, 0.2) is 30.3 Å². The van der Waals surface area contributed by atoms with Crippen LogP contribution >= 0.6 is 22.8 Å². The van der Waals surface area contributed by atoms with Gasteiger partial charge in [0.05, 0.1) is 0 Å². The van der Waals surface area contributed by atoms with Gasteiger partial charge in [0.15, 0.2) is 0 Å². The van der Waals surface area contributed by atoms with Crippen molar-refractivity contribution in [1.82, 2.24) is 0 Å². The standard InChI is InChI=1S/C6H6BrP/c7-8-6-4-2-1-3-5-6/h1-5,8H. The molecule has 0 aliphatic heterocycles. The van der Waals surface area contributed by atoms with Crippen molar-refractivity contribution in [1.29, 1.82) is 0 Å². The normalized spacial score (nSPS) is 10.6. The first-order valence-electron chi connectivity index (χ1n) is 2.35. The van der Waals surface area contributed by atoms with Gasteiger partial charge in [-0.1, -0.05) is 45.8 Å². The van der Waals surface area contributed by atoms with E-state index < -0.39 is 0 Å². The van der Waals surface area contributed by atoms with Crippen molar-refractivity contribution in [2.45, 2.75) is 0 Å². The van der Waals surface area contributed by atoms with Gasteiger partial charge in [-0.2, -0.15) is 0 Å². The predicted octanol–water partition coefficient (Wildman–Crippen LogP) is 2.30. The lowest BCUT2D eigenvalue weighted by atomic mass is 10.4. The van der Waals surface area contributed by atoms with Gasteiger partial charge in [-0.15, -0.1) is 0 Å². The fraction of sp³-hybridized carbons (Fsp3) is 0. The summed E-state index contributed by atoms with van der Waals surface area (Å²) < 4.78 is 0. The molecule has 0 aromatic heterocycles. The van der Waals surface area contributed by atoms with Crippen LogP contribution < -0.4 is 5.30 Å². The summed E-state index contributed by atoms with van der Waals surface area (Å²) in [7, 11) is 0.743. The second kappa shape index (κ2) is 3.21. The van der Waals surface area contributed by atoms with Gasteiger partial charge >= 0.3 is 0 Å². The maximum atomic E-state index is 3.39. The third-order valence-electron chi connectivity index (χ3n) is 0.883. The molecular weight excluding hydrogens is 183 g/mol. The van der Waals surface area contributed by atoms with E-state index in [0.29, 0.717) is 0 Å². The Kier molecular flexibility index (Phi) is 2.51. The third-order valence-corrected chi connectivity index (χ3v) is 2.81. The Labute approximate surface area is 58.8 Å². The predicted molar refractivity (Wildman–Crippen MR) is 43.3 cm³/mol. The summed E-state index contributed by atoms with van der Waals surface area (Å²) in [6, 6.07) is 10.3. The van der Waals surface area contributed by atoms with Crippen molar-refractivity contribution in [2.75, 3.05) is 0 Å². The Morgan fingerprint density at radius 3 is 2.12 bits per heavy atom. The van der Waals surface area contributed by atoms with Crippen molar-refractivity contribution in [3.8, 4) is 0 Å². The zero-order valence-electron chi connectivity index (χ0n) is 4.26. The quantitative estimate of drug-likeness (QED) is 0.594. The van der Waals surface area contributed by atoms with Crippen LogP contribution in [0.5, 0.6) is 0 Å². The summed E-state index contributed by atoms with van der Waals surface area (Å²) in [6.07, 6.45) is 0. The molecule has 0 aliphatic rings. The van der Waals surface area contributed by atoms with Gasteiger partial charge in [-0.3, -0.25) is 0 Å². The molecule has 0 bridgehead atoms. The van der Waals surface area contributed by atoms with E-state index in [9.17, 15) is 0 Å². The molecule has 0 fully saturated rings. The first kappa shape index (κ1) is 6.25. The molecule has 0 amide bonds. The van der Waals surface area contributed by atoms with Crippen molar-refractivity contribution < 1.29 is 0 Å². The molecule has 0 aliphatic carbocycles. The Morgan fingerprint density at radius 1 is 1.12 bits per heavy atom. The summed E-state index contributed by atoms with van der Waals surface area (Å²) in [5.74, 6) is 0. The van der Waals surface area contributed by atoms with Crippen molar-refractivity contribution in [2.24, 2.45) is 0 Å². The number of hydrogen-bond donors (Lipinski definition) is 0. The molecular formula is C6H6BrP. The van der Waals surface area contributed by atoms with Gasteiger partial charge in [0.1, 0.15) is 0 Å². The molecule has 42 valence electrons. The van der Waals surface area contributed by atoms with Crippen LogP contribution in [0.1, 0.15) is 0 Å². The Balaban J connectivity index is 2.83. The van der Waals surface area contributed by atoms with Crippen molar-refractivity contribution in [3.05, 3.63) is 30.3 Å². The lowest BCUT2D eigenvalue weighted by Crippen LogP contribution is -1.85. The minimum Gasteiger partial charge on any atom is -0.0622 e. The smallest absolute Gasteiger partial charge is 0.0161 e. The summed E-state index contributed by atoms with van der Waals surface area (Å²) in [5, 5.41) is 1.35. The van der Waals surface area contributed by atoms with Crippen LogP contribution in [0.2, 0.25) is 0 Å². The van der Waals surface area contributed by atoms with Crippen LogP contribution in [0.3, 0.4) is 0 Å². The maximum Gasteiger partial charge on any atom is -0.0161 e. The molecule has 8 heavy (non-hydrogen) atoms. The van der Waals surface area contributed by atoms with E-state index in [1.807, 2.05) is 18.2 Å². The number of benzene rings is 1. The minimum atomic E-state index is 0.743. The van der Waals surface area contributed by atoms with Crippen LogP contribution in [0.25, 0.3) is 0 Å². The van der Waals surface area contributed by atoms with Gasteiger partial charge < -0.3 is 0 Å². The average molecular weight is 189 g/mol. The van der Waals surface area contributed by atoms with Crippen LogP contribution in [-0.4, -0.2) is 0 Å². The second-order valence-corrected chi connectivity index (χ2v) is 3.42. The van der Waals surface area contributed by atoms with Gasteiger partial charge in [-0.05, 0) is 12.6 Å². The van der Waals surface area contributed by atoms with Crippen LogP contribution in [0.4, 0.5) is 0 Å². The molecule has 0 saturated heterocycles. The molecule has 0 saturated carbocycles. The average Bonchev–Trinajstić information content (AvgIpc) is 1.90. The lowest BCUT2D eigenvalue weighted by molar-refractivity contribution is 1.78. The fourth-order valence-corrected chi connectivity index (χ4v) is 1.61. The molecule has 0 radical (unpaired) electrons. The van der Waals surface area contributed by atoms with Gasteiger partial charge in [0.2, 0.25) is 0 Å². The molecule has 0 N–H and O–H groups in total.